The van der Waals surface area contributed by atoms with E-state index < -0.39 is 10.8 Å². The number of nitro benzene ring substituents is 1. The zero-order valence-corrected chi connectivity index (χ0v) is 15.8. The third kappa shape index (κ3) is 3.76. The summed E-state index contributed by atoms with van der Waals surface area (Å²) < 4.78 is 1.85. The van der Waals surface area contributed by atoms with Gasteiger partial charge in [0, 0.05) is 22.7 Å². The molecule has 0 aliphatic heterocycles. The van der Waals surface area contributed by atoms with Gasteiger partial charge in [0.1, 0.15) is 5.82 Å². The van der Waals surface area contributed by atoms with Crippen molar-refractivity contribution in [1.29, 1.82) is 0 Å². The molecule has 3 aromatic rings. The summed E-state index contributed by atoms with van der Waals surface area (Å²) >= 11 is 9.12. The molecule has 0 aliphatic carbocycles. The lowest BCUT2D eigenvalue weighted by atomic mass is 10.2. The first kappa shape index (κ1) is 18.1. The van der Waals surface area contributed by atoms with Crippen LogP contribution in [-0.2, 0) is 0 Å². The van der Waals surface area contributed by atoms with Crippen molar-refractivity contribution in [3.8, 4) is 5.69 Å². The number of carbonyl (C=O) groups is 1. The van der Waals surface area contributed by atoms with Crippen LogP contribution in [0.5, 0.6) is 0 Å². The van der Waals surface area contributed by atoms with Gasteiger partial charge in [-0.1, -0.05) is 17.7 Å². The number of aryl methyl sites for hydroxylation is 1. The summed E-state index contributed by atoms with van der Waals surface area (Å²) in [6.45, 7) is 1.79. The number of nitrogens with zero attached hydrogens (tertiary/aromatic N) is 3. The Balaban J connectivity index is 1.94. The maximum absolute atomic E-state index is 12.5. The third-order valence-electron chi connectivity index (χ3n) is 3.53. The van der Waals surface area contributed by atoms with Crippen molar-refractivity contribution >= 4 is 44.9 Å². The maximum Gasteiger partial charge on any atom is 0.284 e. The number of rotatable bonds is 4. The van der Waals surface area contributed by atoms with Crippen LogP contribution in [0.4, 0.5) is 11.5 Å². The Hall–Kier alpha value is -2.71. The fourth-order valence-corrected chi connectivity index (χ4v) is 2.95. The summed E-state index contributed by atoms with van der Waals surface area (Å²) in [4.78, 5) is 23.0. The van der Waals surface area contributed by atoms with Crippen molar-refractivity contribution in [1.82, 2.24) is 9.78 Å². The monoisotopic (exact) mass is 434 g/mol. The molecule has 0 aliphatic rings. The Morgan fingerprint density at radius 2 is 2.04 bits per heavy atom. The van der Waals surface area contributed by atoms with Crippen molar-refractivity contribution in [2.75, 3.05) is 5.32 Å². The lowest BCUT2D eigenvalue weighted by Gasteiger charge is -2.09. The molecule has 2 aromatic carbocycles. The van der Waals surface area contributed by atoms with Gasteiger partial charge in [-0.05, 0) is 53.2 Å². The summed E-state index contributed by atoms with van der Waals surface area (Å²) in [5.41, 5.74) is 1.36. The van der Waals surface area contributed by atoms with E-state index in [4.69, 9.17) is 11.6 Å². The summed E-state index contributed by atoms with van der Waals surface area (Å²) in [6, 6.07) is 12.9. The van der Waals surface area contributed by atoms with E-state index in [2.05, 4.69) is 26.3 Å². The molecule has 1 heterocycles. The molecular formula is C17H12BrClN4O3. The van der Waals surface area contributed by atoms with E-state index in [1.807, 2.05) is 0 Å². The summed E-state index contributed by atoms with van der Waals surface area (Å²) in [7, 11) is 0. The second kappa shape index (κ2) is 7.27. The molecule has 1 aromatic heterocycles. The molecule has 26 heavy (non-hydrogen) atoms. The highest BCUT2D eigenvalue weighted by atomic mass is 79.9. The van der Waals surface area contributed by atoms with E-state index in [9.17, 15) is 14.9 Å². The SMILES string of the molecule is Cc1cc(NC(=O)c2ccc(Br)c([N+](=O)[O-])c2)n(-c2cccc(Cl)c2)n1. The number of nitro groups is 1. The molecule has 0 unspecified atom stereocenters. The number of anilines is 1. The van der Waals surface area contributed by atoms with E-state index in [-0.39, 0.29) is 11.3 Å². The average Bonchev–Trinajstić information content (AvgIpc) is 2.95. The van der Waals surface area contributed by atoms with Crippen LogP contribution in [0.1, 0.15) is 16.1 Å². The van der Waals surface area contributed by atoms with Crippen LogP contribution in [0.15, 0.2) is 53.0 Å². The number of aromatic nitrogens is 2. The van der Waals surface area contributed by atoms with Gasteiger partial charge < -0.3 is 5.32 Å². The Bertz CT molecular complexity index is 1020. The number of halogens is 2. The first-order valence-corrected chi connectivity index (χ1v) is 8.60. The van der Waals surface area contributed by atoms with Gasteiger partial charge in [0.25, 0.3) is 11.6 Å². The van der Waals surface area contributed by atoms with Crippen LogP contribution in [0.25, 0.3) is 5.69 Å². The van der Waals surface area contributed by atoms with Gasteiger partial charge in [-0.3, -0.25) is 14.9 Å². The molecule has 9 heteroatoms. The van der Waals surface area contributed by atoms with Crippen molar-refractivity contribution in [3.63, 3.8) is 0 Å². The topological polar surface area (TPSA) is 90.1 Å². The Morgan fingerprint density at radius 1 is 1.27 bits per heavy atom. The molecule has 1 amide bonds. The smallest absolute Gasteiger partial charge is 0.284 e. The second-order valence-electron chi connectivity index (χ2n) is 5.44. The summed E-state index contributed by atoms with van der Waals surface area (Å²) in [5.74, 6) is -0.0517. The molecule has 0 saturated carbocycles. The molecule has 3 rings (SSSR count). The lowest BCUT2D eigenvalue weighted by Crippen LogP contribution is -2.15. The van der Waals surface area contributed by atoms with E-state index in [0.717, 1.165) is 0 Å². The Morgan fingerprint density at radius 3 is 2.73 bits per heavy atom. The molecule has 0 bridgehead atoms. The zero-order chi connectivity index (χ0) is 18.8. The van der Waals surface area contributed by atoms with Gasteiger partial charge in [-0.15, -0.1) is 0 Å². The van der Waals surface area contributed by atoms with Crippen LogP contribution in [0, 0.1) is 17.0 Å². The lowest BCUT2D eigenvalue weighted by molar-refractivity contribution is -0.385. The molecule has 0 radical (unpaired) electrons. The Labute approximate surface area is 161 Å². The van der Waals surface area contributed by atoms with Gasteiger partial charge in [-0.2, -0.15) is 5.10 Å². The minimum absolute atomic E-state index is 0.163. The highest BCUT2D eigenvalue weighted by Gasteiger charge is 2.18. The van der Waals surface area contributed by atoms with Crippen LogP contribution in [0.2, 0.25) is 5.02 Å². The quantitative estimate of drug-likeness (QED) is 0.473. The van der Waals surface area contributed by atoms with Crippen LogP contribution in [0.3, 0.4) is 0 Å². The van der Waals surface area contributed by atoms with Crippen molar-refractivity contribution < 1.29 is 9.72 Å². The van der Waals surface area contributed by atoms with Crippen molar-refractivity contribution in [3.05, 3.63) is 79.4 Å². The highest BCUT2D eigenvalue weighted by Crippen LogP contribution is 2.26. The fraction of sp³-hybridized carbons (Fsp3) is 0.0588. The number of hydrogen-bond donors (Lipinski definition) is 1. The van der Waals surface area contributed by atoms with Crippen molar-refractivity contribution in [2.24, 2.45) is 0 Å². The van der Waals surface area contributed by atoms with Crippen LogP contribution in [-0.4, -0.2) is 20.6 Å². The van der Waals surface area contributed by atoms with E-state index in [1.165, 1.54) is 18.2 Å². The highest BCUT2D eigenvalue weighted by molar-refractivity contribution is 9.10. The van der Waals surface area contributed by atoms with E-state index in [1.54, 1.807) is 41.9 Å². The average molecular weight is 436 g/mol. The standard InChI is InChI=1S/C17H12BrClN4O3/c1-10-7-16(22(21-10)13-4-2-3-12(19)9-13)20-17(24)11-5-6-14(18)15(8-11)23(25)26/h2-9H,1H3,(H,20,24). The molecule has 1 N–H and O–H groups in total. The number of nitrogens with one attached hydrogen (secondary N) is 1. The maximum atomic E-state index is 12.5. The van der Waals surface area contributed by atoms with Crippen LogP contribution >= 0.6 is 27.5 Å². The minimum Gasteiger partial charge on any atom is -0.306 e. The van der Waals surface area contributed by atoms with Gasteiger partial charge in [0.15, 0.2) is 0 Å². The van der Waals surface area contributed by atoms with Crippen molar-refractivity contribution in [2.45, 2.75) is 6.92 Å². The number of benzene rings is 2. The van der Waals surface area contributed by atoms with Gasteiger partial charge in [0.2, 0.25) is 0 Å². The molecule has 0 fully saturated rings. The molecular weight excluding hydrogens is 424 g/mol. The van der Waals surface area contributed by atoms with Gasteiger partial charge in [0.05, 0.1) is 20.8 Å². The molecule has 7 nitrogen and oxygen atoms in total. The largest absolute Gasteiger partial charge is 0.306 e. The van der Waals surface area contributed by atoms with E-state index in [0.29, 0.717) is 26.7 Å². The first-order chi connectivity index (χ1) is 12.3. The summed E-state index contributed by atoms with van der Waals surface area (Å²) in [5, 5.41) is 18.7. The molecule has 0 saturated heterocycles. The molecule has 0 atom stereocenters. The molecule has 0 spiro atoms. The predicted molar refractivity (Wildman–Crippen MR) is 102 cm³/mol. The van der Waals surface area contributed by atoms with E-state index >= 15 is 0 Å². The minimum atomic E-state index is -0.554. The first-order valence-electron chi connectivity index (χ1n) is 7.43. The van der Waals surface area contributed by atoms with Gasteiger partial charge >= 0.3 is 0 Å². The van der Waals surface area contributed by atoms with Gasteiger partial charge in [-0.25, -0.2) is 4.68 Å². The normalized spacial score (nSPS) is 10.6. The molecule has 132 valence electrons. The number of carbonyl (C=O) groups excluding carboxylic acids is 1. The Kier molecular flexibility index (Phi) is 5.06. The van der Waals surface area contributed by atoms with Crippen LogP contribution < -0.4 is 5.32 Å². The zero-order valence-electron chi connectivity index (χ0n) is 13.4. The number of amides is 1. The second-order valence-corrected chi connectivity index (χ2v) is 6.73. The number of hydrogen-bond acceptors (Lipinski definition) is 4. The summed E-state index contributed by atoms with van der Waals surface area (Å²) in [6.07, 6.45) is 0. The predicted octanol–water partition coefficient (Wildman–Crippen LogP) is 4.76. The third-order valence-corrected chi connectivity index (χ3v) is 4.44. The fourth-order valence-electron chi connectivity index (χ4n) is 2.38.